The highest BCUT2D eigenvalue weighted by Gasteiger charge is 2.62. The molecule has 1 aliphatic carbocycles. The number of hydrogen-bond donors (Lipinski definition) is 1. The maximum absolute atomic E-state index is 12.3. The molecule has 0 aromatic heterocycles. The van der Waals surface area contributed by atoms with Gasteiger partial charge in [-0.25, -0.2) is 9.59 Å². The lowest BCUT2D eigenvalue weighted by Gasteiger charge is -2.48. The first-order valence-corrected chi connectivity index (χ1v) is 7.74. The predicted octanol–water partition coefficient (Wildman–Crippen LogP) is 2.37. The van der Waals surface area contributed by atoms with E-state index in [2.05, 4.69) is 0 Å². The van der Waals surface area contributed by atoms with Crippen LogP contribution < -0.4 is 0 Å². The van der Waals surface area contributed by atoms with Crippen molar-refractivity contribution in [1.82, 2.24) is 4.90 Å². The van der Waals surface area contributed by atoms with E-state index in [9.17, 15) is 14.7 Å². The first-order chi connectivity index (χ1) is 9.99. The Hall–Kier alpha value is -1.30. The lowest BCUT2D eigenvalue weighted by molar-refractivity contribution is -0.163. The van der Waals surface area contributed by atoms with Gasteiger partial charge in [-0.2, -0.15) is 0 Å². The van der Waals surface area contributed by atoms with Gasteiger partial charge < -0.3 is 19.5 Å². The number of carboxylic acids is 1. The molecule has 0 spiro atoms. The van der Waals surface area contributed by atoms with Crippen molar-refractivity contribution >= 4 is 12.1 Å². The maximum atomic E-state index is 12.3. The van der Waals surface area contributed by atoms with E-state index in [1.807, 2.05) is 34.6 Å². The summed E-state index contributed by atoms with van der Waals surface area (Å²) in [5.74, 6) is -0.506. The average molecular weight is 313 g/mol. The normalized spacial score (nSPS) is 29.0. The third-order valence-corrected chi connectivity index (χ3v) is 4.92. The van der Waals surface area contributed by atoms with Crippen molar-refractivity contribution in [2.75, 3.05) is 13.7 Å². The van der Waals surface area contributed by atoms with Crippen molar-refractivity contribution in [3.63, 3.8) is 0 Å². The minimum Gasteiger partial charge on any atom is -0.479 e. The molecule has 0 aromatic rings. The van der Waals surface area contributed by atoms with Gasteiger partial charge in [0.05, 0.1) is 0 Å². The fraction of sp³-hybridized carbons (Fsp3) is 0.875. The lowest BCUT2D eigenvalue weighted by atomic mass is 9.58. The molecule has 1 amide bonds. The van der Waals surface area contributed by atoms with Crippen LogP contribution in [0.2, 0.25) is 0 Å². The molecule has 0 radical (unpaired) electrons. The molecule has 4 atom stereocenters. The van der Waals surface area contributed by atoms with Crippen LogP contribution in [0.4, 0.5) is 4.79 Å². The van der Waals surface area contributed by atoms with Crippen LogP contribution in [0.25, 0.3) is 0 Å². The first kappa shape index (κ1) is 17.1. The Morgan fingerprint density at radius 3 is 2.27 bits per heavy atom. The van der Waals surface area contributed by atoms with Crippen molar-refractivity contribution in [3.8, 4) is 0 Å². The molecule has 3 fully saturated rings. The van der Waals surface area contributed by atoms with E-state index in [-0.39, 0.29) is 18.1 Å². The van der Waals surface area contributed by atoms with Gasteiger partial charge in [-0.05, 0) is 39.0 Å². The van der Waals surface area contributed by atoms with Crippen molar-refractivity contribution in [1.29, 1.82) is 0 Å². The Morgan fingerprint density at radius 1 is 1.23 bits per heavy atom. The second kappa shape index (κ2) is 5.41. The summed E-state index contributed by atoms with van der Waals surface area (Å²) in [4.78, 5) is 25.5. The van der Waals surface area contributed by atoms with Crippen LogP contribution in [0.3, 0.4) is 0 Å². The number of ether oxygens (including phenoxy) is 2. The number of fused-ring (bicyclic) bond motifs is 1. The van der Waals surface area contributed by atoms with Crippen LogP contribution in [0.1, 0.15) is 41.0 Å². The van der Waals surface area contributed by atoms with Gasteiger partial charge in [-0.1, -0.05) is 13.8 Å². The largest absolute Gasteiger partial charge is 0.479 e. The topological polar surface area (TPSA) is 76.1 Å². The summed E-state index contributed by atoms with van der Waals surface area (Å²) < 4.78 is 10.7. The standard InChI is InChI=1S/C16H27NO5/c1-15(2,3)22-14(20)17-8-9-7-10(17)11(9)16(4,5)12(21-6)13(18)19/h9-12H,7-8H2,1-6H3,(H,18,19)/t9-,10-,11?,12?/m0/s1. The molecule has 126 valence electrons. The summed E-state index contributed by atoms with van der Waals surface area (Å²) >= 11 is 0. The smallest absolute Gasteiger partial charge is 0.410 e. The number of aliphatic carboxylic acids is 1. The summed E-state index contributed by atoms with van der Waals surface area (Å²) in [6.45, 7) is 10.0. The van der Waals surface area contributed by atoms with Crippen LogP contribution >= 0.6 is 0 Å². The second-order valence-electron chi connectivity index (χ2n) is 8.00. The van der Waals surface area contributed by atoms with Crippen molar-refractivity contribution < 1.29 is 24.2 Å². The third-order valence-electron chi connectivity index (χ3n) is 4.92. The molecule has 0 aromatic carbocycles. The SMILES string of the molecule is COC(C(=O)O)C(C)(C)C1[C@H]2C[C@@H]1N(C(=O)OC(C)(C)C)C2. The number of carbonyl (C=O) groups excluding carboxylic acids is 1. The molecule has 6 nitrogen and oxygen atoms in total. The average Bonchev–Trinajstić information content (AvgIpc) is 2.83. The Balaban J connectivity index is 2.11. The van der Waals surface area contributed by atoms with Gasteiger partial charge >= 0.3 is 12.1 Å². The minimum atomic E-state index is -0.956. The van der Waals surface area contributed by atoms with Gasteiger partial charge in [0, 0.05) is 25.1 Å². The van der Waals surface area contributed by atoms with E-state index in [1.165, 1.54) is 7.11 Å². The number of nitrogens with zero attached hydrogens (tertiary/aromatic N) is 1. The molecule has 2 unspecified atom stereocenters. The first-order valence-electron chi connectivity index (χ1n) is 7.74. The zero-order chi connectivity index (χ0) is 16.9. The van der Waals surface area contributed by atoms with E-state index in [4.69, 9.17) is 9.47 Å². The van der Waals surface area contributed by atoms with Gasteiger partial charge in [-0.3, -0.25) is 0 Å². The number of methoxy groups -OCH3 is 1. The molecular formula is C16H27NO5. The number of carboxylic acid groups (broad SMARTS) is 1. The summed E-state index contributed by atoms with van der Waals surface area (Å²) in [6, 6.07) is 0.0480. The van der Waals surface area contributed by atoms with Gasteiger partial charge in [0.1, 0.15) is 5.60 Å². The summed E-state index contributed by atoms with van der Waals surface area (Å²) in [5.41, 5.74) is -1.06. The van der Waals surface area contributed by atoms with E-state index >= 15 is 0 Å². The van der Waals surface area contributed by atoms with E-state index in [1.54, 1.807) is 4.90 Å². The van der Waals surface area contributed by atoms with Crippen LogP contribution in [0.15, 0.2) is 0 Å². The minimum absolute atomic E-state index is 0.0480. The Morgan fingerprint density at radius 2 is 1.82 bits per heavy atom. The van der Waals surface area contributed by atoms with E-state index < -0.39 is 23.1 Å². The molecule has 2 bridgehead atoms. The molecule has 2 heterocycles. The maximum Gasteiger partial charge on any atom is 0.410 e. The predicted molar refractivity (Wildman–Crippen MR) is 80.5 cm³/mol. The van der Waals surface area contributed by atoms with Crippen LogP contribution in [0, 0.1) is 17.3 Å². The van der Waals surface area contributed by atoms with Crippen LogP contribution in [-0.2, 0) is 14.3 Å². The molecule has 3 aliphatic rings. The van der Waals surface area contributed by atoms with Gasteiger partial charge in [0.2, 0.25) is 0 Å². The van der Waals surface area contributed by atoms with Crippen molar-refractivity contribution in [2.45, 2.75) is 58.8 Å². The summed E-state index contributed by atoms with van der Waals surface area (Å²) in [6.07, 6.45) is -0.257. The monoisotopic (exact) mass is 313 g/mol. The molecule has 1 N–H and O–H groups in total. The Kier molecular flexibility index (Phi) is 4.19. The van der Waals surface area contributed by atoms with Gasteiger partial charge in [0.25, 0.3) is 0 Å². The van der Waals surface area contributed by atoms with Gasteiger partial charge in [0.15, 0.2) is 6.10 Å². The van der Waals surface area contributed by atoms with Crippen molar-refractivity contribution in [3.05, 3.63) is 0 Å². The lowest BCUT2D eigenvalue weighted by Crippen LogP contribution is -2.55. The molecule has 2 saturated heterocycles. The Bertz CT molecular complexity index is 468. The third kappa shape index (κ3) is 2.81. The van der Waals surface area contributed by atoms with E-state index in [0.29, 0.717) is 12.5 Å². The van der Waals surface area contributed by atoms with Gasteiger partial charge in [-0.15, -0.1) is 0 Å². The Labute approximate surface area is 131 Å². The number of rotatable bonds is 4. The highest BCUT2D eigenvalue weighted by molar-refractivity contribution is 5.74. The van der Waals surface area contributed by atoms with E-state index in [0.717, 1.165) is 6.42 Å². The number of amides is 1. The fourth-order valence-electron chi connectivity index (χ4n) is 4.15. The molecule has 2 aliphatic heterocycles. The van der Waals surface area contributed by atoms with Crippen molar-refractivity contribution in [2.24, 2.45) is 17.3 Å². The second-order valence-corrected chi connectivity index (χ2v) is 8.00. The zero-order valence-electron chi connectivity index (χ0n) is 14.3. The summed E-state index contributed by atoms with van der Waals surface area (Å²) in [7, 11) is 1.42. The molecule has 22 heavy (non-hydrogen) atoms. The summed E-state index contributed by atoms with van der Waals surface area (Å²) in [5, 5.41) is 9.37. The highest BCUT2D eigenvalue weighted by atomic mass is 16.6. The van der Waals surface area contributed by atoms with Crippen LogP contribution in [0.5, 0.6) is 0 Å². The molecule has 3 rings (SSSR count). The molecule has 6 heteroatoms. The molecule has 1 saturated carbocycles. The number of carbonyl (C=O) groups is 2. The zero-order valence-corrected chi connectivity index (χ0v) is 14.3. The quantitative estimate of drug-likeness (QED) is 0.862. The fourth-order valence-corrected chi connectivity index (χ4v) is 4.15. The van der Waals surface area contributed by atoms with Crippen LogP contribution in [-0.4, -0.2) is 53.5 Å². The number of hydrogen-bond acceptors (Lipinski definition) is 4. The highest BCUT2D eigenvalue weighted by Crippen LogP contribution is 2.56. The molecular weight excluding hydrogens is 286 g/mol.